The van der Waals surface area contributed by atoms with E-state index in [1.807, 2.05) is 12.1 Å². The van der Waals surface area contributed by atoms with Gasteiger partial charge in [0.1, 0.15) is 27.7 Å². The summed E-state index contributed by atoms with van der Waals surface area (Å²) >= 11 is 0. The Labute approximate surface area is 192 Å². The average Bonchev–Trinajstić information content (AvgIpc) is 2.85. The maximum Gasteiger partial charge on any atom is 0.341 e. The van der Waals surface area contributed by atoms with Crippen LogP contribution < -0.4 is 9.47 Å². The van der Waals surface area contributed by atoms with Crippen molar-refractivity contribution in [3.63, 3.8) is 0 Å². The van der Waals surface area contributed by atoms with Crippen LogP contribution in [0.2, 0.25) is 0 Å². The highest BCUT2D eigenvalue weighted by molar-refractivity contribution is 7.89. The molecule has 4 rings (SSSR count). The standard InChI is InChI=1S/C24H23NO7S/c1-29-24(26)20-16-23(33(27,28)25-12-14-30-15-13-25)22(32-19-10-6-3-7-11-19)17-21(20)31-18-8-4-2-5-9-18/h2-11,16-17H,12-15H2,1H3. The van der Waals surface area contributed by atoms with Crippen LogP contribution in [0.4, 0.5) is 0 Å². The molecule has 9 heteroatoms. The van der Waals surface area contributed by atoms with Crippen LogP contribution in [0.1, 0.15) is 10.4 Å². The number of esters is 1. The van der Waals surface area contributed by atoms with Gasteiger partial charge in [0.2, 0.25) is 10.0 Å². The minimum atomic E-state index is -4.00. The zero-order valence-corrected chi connectivity index (χ0v) is 18.8. The molecular formula is C24H23NO7S. The molecule has 1 aliphatic heterocycles. The number of sulfonamides is 1. The van der Waals surface area contributed by atoms with E-state index in [4.69, 9.17) is 18.9 Å². The molecule has 0 aromatic heterocycles. The molecule has 0 N–H and O–H groups in total. The van der Waals surface area contributed by atoms with Crippen molar-refractivity contribution < 1.29 is 32.2 Å². The summed E-state index contributed by atoms with van der Waals surface area (Å²) in [5, 5.41) is 0. The summed E-state index contributed by atoms with van der Waals surface area (Å²) in [6.45, 7) is 0.964. The zero-order valence-electron chi connectivity index (χ0n) is 18.0. The van der Waals surface area contributed by atoms with E-state index in [-0.39, 0.29) is 48.3 Å². The van der Waals surface area contributed by atoms with Gasteiger partial charge < -0.3 is 18.9 Å². The Morgan fingerprint density at radius 3 is 1.94 bits per heavy atom. The van der Waals surface area contributed by atoms with E-state index in [0.29, 0.717) is 11.5 Å². The molecule has 1 saturated heterocycles. The Morgan fingerprint density at radius 2 is 1.39 bits per heavy atom. The van der Waals surface area contributed by atoms with Gasteiger partial charge >= 0.3 is 5.97 Å². The van der Waals surface area contributed by atoms with Crippen LogP contribution in [-0.4, -0.2) is 52.1 Å². The number of rotatable bonds is 7. The molecule has 33 heavy (non-hydrogen) atoms. The Kier molecular flexibility index (Phi) is 6.93. The van der Waals surface area contributed by atoms with Crippen LogP contribution in [0, 0.1) is 0 Å². The largest absolute Gasteiger partial charge is 0.465 e. The molecule has 0 atom stereocenters. The van der Waals surface area contributed by atoms with Crippen LogP contribution in [0.15, 0.2) is 77.7 Å². The van der Waals surface area contributed by atoms with Gasteiger partial charge in [-0.1, -0.05) is 36.4 Å². The van der Waals surface area contributed by atoms with Crippen molar-refractivity contribution in [1.29, 1.82) is 0 Å². The van der Waals surface area contributed by atoms with E-state index < -0.39 is 16.0 Å². The van der Waals surface area contributed by atoms with Gasteiger partial charge in [-0.15, -0.1) is 0 Å². The molecule has 1 fully saturated rings. The molecule has 0 spiro atoms. The number of morpholine rings is 1. The summed E-state index contributed by atoms with van der Waals surface area (Å²) in [4.78, 5) is 12.4. The smallest absolute Gasteiger partial charge is 0.341 e. The Hall–Kier alpha value is -3.40. The summed E-state index contributed by atoms with van der Waals surface area (Å²) in [7, 11) is -2.78. The minimum absolute atomic E-state index is 0.0336. The van der Waals surface area contributed by atoms with Gasteiger partial charge in [0, 0.05) is 19.2 Å². The lowest BCUT2D eigenvalue weighted by molar-refractivity contribution is 0.0597. The number of ether oxygens (including phenoxy) is 4. The molecule has 0 radical (unpaired) electrons. The number of methoxy groups -OCH3 is 1. The molecule has 1 aliphatic rings. The summed E-state index contributed by atoms with van der Waals surface area (Å²) in [6.07, 6.45) is 0. The fourth-order valence-electron chi connectivity index (χ4n) is 3.33. The molecule has 0 saturated carbocycles. The van der Waals surface area contributed by atoms with Crippen molar-refractivity contribution in [1.82, 2.24) is 4.31 Å². The second-order valence-electron chi connectivity index (χ2n) is 7.13. The summed E-state index contributed by atoms with van der Waals surface area (Å²) in [5.41, 5.74) is -0.0337. The lowest BCUT2D eigenvalue weighted by Crippen LogP contribution is -2.40. The molecule has 8 nitrogen and oxygen atoms in total. The third-order valence-electron chi connectivity index (χ3n) is 4.98. The first-order chi connectivity index (χ1) is 16.0. The van der Waals surface area contributed by atoms with E-state index >= 15 is 0 Å². The van der Waals surface area contributed by atoms with Gasteiger partial charge in [0.25, 0.3) is 0 Å². The molecule has 172 valence electrons. The monoisotopic (exact) mass is 469 g/mol. The van der Waals surface area contributed by atoms with Crippen LogP contribution >= 0.6 is 0 Å². The Morgan fingerprint density at radius 1 is 0.848 bits per heavy atom. The van der Waals surface area contributed by atoms with E-state index in [2.05, 4.69) is 0 Å². The molecule has 0 unspecified atom stereocenters. The second kappa shape index (κ2) is 10.0. The first-order valence-corrected chi connectivity index (χ1v) is 11.7. The van der Waals surface area contributed by atoms with Gasteiger partial charge in [0.05, 0.1) is 20.3 Å². The van der Waals surface area contributed by atoms with Gasteiger partial charge in [-0.25, -0.2) is 13.2 Å². The molecule has 3 aromatic rings. The summed E-state index contributed by atoms with van der Waals surface area (Å²) < 4.78 is 50.4. The number of hydrogen-bond acceptors (Lipinski definition) is 7. The zero-order chi connectivity index (χ0) is 23.3. The first kappa shape index (κ1) is 22.8. The number of para-hydroxylation sites is 2. The van der Waals surface area contributed by atoms with Crippen molar-refractivity contribution >= 4 is 16.0 Å². The third kappa shape index (κ3) is 5.16. The third-order valence-corrected chi connectivity index (χ3v) is 6.90. The fourth-order valence-corrected chi connectivity index (χ4v) is 4.86. The van der Waals surface area contributed by atoms with Crippen molar-refractivity contribution in [2.75, 3.05) is 33.4 Å². The molecule has 0 amide bonds. The Bertz CT molecular complexity index is 1210. The van der Waals surface area contributed by atoms with Crippen molar-refractivity contribution in [2.45, 2.75) is 4.90 Å². The molecule has 1 heterocycles. The summed E-state index contributed by atoms with van der Waals surface area (Å²) in [6, 6.07) is 20.3. The first-order valence-electron chi connectivity index (χ1n) is 10.3. The van der Waals surface area contributed by atoms with Gasteiger partial charge in [-0.2, -0.15) is 4.31 Å². The van der Waals surface area contributed by atoms with E-state index in [1.165, 1.54) is 23.5 Å². The average molecular weight is 470 g/mol. The van der Waals surface area contributed by atoms with Crippen LogP contribution in [-0.2, 0) is 19.5 Å². The van der Waals surface area contributed by atoms with Gasteiger partial charge in [-0.05, 0) is 30.3 Å². The van der Waals surface area contributed by atoms with Crippen LogP contribution in [0.3, 0.4) is 0 Å². The lowest BCUT2D eigenvalue weighted by Gasteiger charge is -2.27. The summed E-state index contributed by atoms with van der Waals surface area (Å²) in [5.74, 6) is 0.321. The molecular weight excluding hydrogens is 446 g/mol. The minimum Gasteiger partial charge on any atom is -0.465 e. The van der Waals surface area contributed by atoms with E-state index in [1.54, 1.807) is 48.5 Å². The van der Waals surface area contributed by atoms with E-state index in [9.17, 15) is 13.2 Å². The quantitative estimate of drug-likeness (QED) is 0.482. The SMILES string of the molecule is COC(=O)c1cc(S(=O)(=O)N2CCOCC2)c(Oc2ccccc2)cc1Oc1ccccc1. The predicted octanol–water partition coefficient (Wildman–Crippen LogP) is 4.08. The highest BCUT2D eigenvalue weighted by Crippen LogP contribution is 2.38. The maximum absolute atomic E-state index is 13.5. The van der Waals surface area contributed by atoms with Gasteiger partial charge in [0.15, 0.2) is 5.75 Å². The highest BCUT2D eigenvalue weighted by Gasteiger charge is 2.32. The topological polar surface area (TPSA) is 91.4 Å². The number of nitrogens with zero attached hydrogens (tertiary/aromatic N) is 1. The van der Waals surface area contributed by atoms with E-state index in [0.717, 1.165) is 0 Å². The fraction of sp³-hybridized carbons (Fsp3) is 0.208. The van der Waals surface area contributed by atoms with Crippen molar-refractivity contribution in [3.8, 4) is 23.0 Å². The number of carbonyl (C=O) groups is 1. The number of benzene rings is 3. The molecule has 0 aliphatic carbocycles. The van der Waals surface area contributed by atoms with Gasteiger partial charge in [-0.3, -0.25) is 0 Å². The van der Waals surface area contributed by atoms with Crippen molar-refractivity contribution in [2.24, 2.45) is 0 Å². The highest BCUT2D eigenvalue weighted by atomic mass is 32.2. The van der Waals surface area contributed by atoms with Crippen LogP contribution in [0.25, 0.3) is 0 Å². The molecule has 0 bridgehead atoms. The maximum atomic E-state index is 13.5. The predicted molar refractivity (Wildman–Crippen MR) is 120 cm³/mol. The Balaban J connectivity index is 1.86. The lowest BCUT2D eigenvalue weighted by atomic mass is 10.2. The molecule has 3 aromatic carbocycles. The second-order valence-corrected chi connectivity index (χ2v) is 9.04. The number of carbonyl (C=O) groups excluding carboxylic acids is 1. The van der Waals surface area contributed by atoms with Crippen molar-refractivity contribution in [3.05, 3.63) is 78.4 Å². The normalized spacial score (nSPS) is 14.5. The van der Waals surface area contributed by atoms with Crippen LogP contribution in [0.5, 0.6) is 23.0 Å². The number of hydrogen-bond donors (Lipinski definition) is 0.